The normalized spacial score (nSPS) is 11.0. The van der Waals surface area contributed by atoms with Crippen LogP contribution in [0.4, 0.5) is 5.69 Å². The highest BCUT2D eigenvalue weighted by Gasteiger charge is 2.13. The molecule has 1 aromatic carbocycles. The van der Waals surface area contributed by atoms with E-state index in [1.54, 1.807) is 0 Å². The number of sulfonamides is 1. The van der Waals surface area contributed by atoms with Crippen LogP contribution < -0.4 is 10.0 Å². The minimum atomic E-state index is -3.68. The van der Waals surface area contributed by atoms with Crippen molar-refractivity contribution in [3.8, 4) is 0 Å². The number of anilines is 1. The van der Waals surface area contributed by atoms with Crippen molar-refractivity contribution in [1.82, 2.24) is 4.72 Å². The molecule has 98 valence electrons. The number of hydrogen-bond donors (Lipinski definition) is 2. The molecule has 0 atom stereocenters. The molecule has 0 saturated carbocycles. The van der Waals surface area contributed by atoms with E-state index in [2.05, 4.69) is 10.0 Å². The van der Waals surface area contributed by atoms with Gasteiger partial charge in [-0.05, 0) is 31.2 Å². The number of Topliss-reactive ketones (excluding diaryl/α,β-unsaturated/α-hetero) is 1. The van der Waals surface area contributed by atoms with Crippen molar-refractivity contribution in [2.24, 2.45) is 0 Å². The Labute approximate surface area is 105 Å². The second-order valence-corrected chi connectivity index (χ2v) is 5.50. The van der Waals surface area contributed by atoms with E-state index >= 15 is 0 Å². The predicted octanol–water partition coefficient (Wildman–Crippen LogP) is 0.512. The highest BCUT2D eigenvalue weighted by Crippen LogP contribution is 2.13. The highest BCUT2D eigenvalue weighted by molar-refractivity contribution is 7.89. The van der Waals surface area contributed by atoms with Gasteiger partial charge in [-0.2, -0.15) is 0 Å². The predicted molar refractivity (Wildman–Crippen MR) is 66.6 cm³/mol. The summed E-state index contributed by atoms with van der Waals surface area (Å²) in [4.78, 5) is 21.6. The second kappa shape index (κ2) is 5.74. The van der Waals surface area contributed by atoms with Crippen molar-refractivity contribution < 1.29 is 18.0 Å². The molecule has 0 aliphatic carbocycles. The van der Waals surface area contributed by atoms with Gasteiger partial charge in [0.05, 0.1) is 11.4 Å². The van der Waals surface area contributed by atoms with Crippen LogP contribution in [0.2, 0.25) is 0 Å². The van der Waals surface area contributed by atoms with E-state index in [9.17, 15) is 18.0 Å². The molecule has 0 spiro atoms. The first kappa shape index (κ1) is 14.3. The lowest BCUT2D eigenvalue weighted by Crippen LogP contribution is -2.28. The molecule has 7 heteroatoms. The summed E-state index contributed by atoms with van der Waals surface area (Å²) in [6, 6.07) is 5.66. The SMILES string of the molecule is CC(=O)CNS(=O)(=O)c1ccc(NC(C)=O)cc1. The van der Waals surface area contributed by atoms with Gasteiger partial charge in [0.15, 0.2) is 0 Å². The number of amides is 1. The van der Waals surface area contributed by atoms with Crippen LogP contribution in [-0.2, 0) is 19.6 Å². The Kier molecular flexibility index (Phi) is 4.57. The van der Waals surface area contributed by atoms with Crippen LogP contribution in [0, 0.1) is 0 Å². The number of rotatable bonds is 5. The lowest BCUT2D eigenvalue weighted by molar-refractivity contribution is -0.116. The summed E-state index contributed by atoms with van der Waals surface area (Å²) in [5, 5.41) is 2.53. The third-order valence-electron chi connectivity index (χ3n) is 2.00. The lowest BCUT2D eigenvalue weighted by Gasteiger charge is -2.06. The maximum atomic E-state index is 11.7. The molecule has 0 bridgehead atoms. The summed E-state index contributed by atoms with van der Waals surface area (Å²) in [5.74, 6) is -0.506. The average Bonchev–Trinajstić information content (AvgIpc) is 2.26. The van der Waals surface area contributed by atoms with E-state index < -0.39 is 10.0 Å². The van der Waals surface area contributed by atoms with Crippen molar-refractivity contribution in [2.45, 2.75) is 18.7 Å². The standard InChI is InChI=1S/C11H14N2O4S/c1-8(14)7-12-18(16,17)11-5-3-10(4-6-11)13-9(2)15/h3-6,12H,7H2,1-2H3,(H,13,15). The molecule has 1 rings (SSSR count). The van der Waals surface area contributed by atoms with E-state index in [0.717, 1.165) is 0 Å². The monoisotopic (exact) mass is 270 g/mol. The van der Waals surface area contributed by atoms with Crippen LogP contribution in [-0.4, -0.2) is 26.7 Å². The van der Waals surface area contributed by atoms with Crippen molar-refractivity contribution in [2.75, 3.05) is 11.9 Å². The maximum absolute atomic E-state index is 11.7. The zero-order valence-electron chi connectivity index (χ0n) is 10.1. The van der Waals surface area contributed by atoms with E-state index in [0.29, 0.717) is 5.69 Å². The maximum Gasteiger partial charge on any atom is 0.240 e. The summed E-state index contributed by atoms with van der Waals surface area (Å²) in [5.41, 5.74) is 0.507. The molecule has 0 aromatic heterocycles. The van der Waals surface area contributed by atoms with Gasteiger partial charge < -0.3 is 5.32 Å². The van der Waals surface area contributed by atoms with Gasteiger partial charge in [-0.1, -0.05) is 0 Å². The Hall–Kier alpha value is -1.73. The summed E-state index contributed by atoms with van der Waals surface area (Å²) in [6.45, 7) is 2.41. The average molecular weight is 270 g/mol. The largest absolute Gasteiger partial charge is 0.326 e. The van der Waals surface area contributed by atoms with Gasteiger partial charge >= 0.3 is 0 Å². The van der Waals surface area contributed by atoms with Crippen LogP contribution in [0.3, 0.4) is 0 Å². The first-order valence-corrected chi connectivity index (χ1v) is 6.66. The van der Waals surface area contributed by atoms with Gasteiger partial charge in [0.25, 0.3) is 0 Å². The van der Waals surface area contributed by atoms with E-state index in [-0.39, 0.29) is 23.1 Å². The number of benzene rings is 1. The Bertz CT molecular complexity index is 549. The summed E-state index contributed by atoms with van der Waals surface area (Å²) in [6.07, 6.45) is 0. The molecule has 18 heavy (non-hydrogen) atoms. The van der Waals surface area contributed by atoms with E-state index in [1.165, 1.54) is 38.1 Å². The first-order valence-electron chi connectivity index (χ1n) is 5.18. The van der Waals surface area contributed by atoms with Crippen molar-refractivity contribution in [1.29, 1.82) is 0 Å². The van der Waals surface area contributed by atoms with E-state index in [1.807, 2.05) is 0 Å². The molecule has 1 amide bonds. The first-order chi connectivity index (χ1) is 8.31. The molecule has 0 unspecified atom stereocenters. The third kappa shape index (κ3) is 4.27. The molecule has 0 saturated heterocycles. The van der Waals surface area contributed by atoms with Gasteiger partial charge in [0.2, 0.25) is 15.9 Å². The summed E-state index contributed by atoms with van der Waals surface area (Å²) in [7, 11) is -3.68. The summed E-state index contributed by atoms with van der Waals surface area (Å²) >= 11 is 0. The van der Waals surface area contributed by atoms with Crippen molar-refractivity contribution >= 4 is 27.4 Å². The number of hydrogen-bond acceptors (Lipinski definition) is 4. The fourth-order valence-electron chi connectivity index (χ4n) is 1.20. The molecular weight excluding hydrogens is 256 g/mol. The lowest BCUT2D eigenvalue weighted by atomic mass is 10.3. The van der Waals surface area contributed by atoms with Crippen LogP contribution >= 0.6 is 0 Å². The fraction of sp³-hybridized carbons (Fsp3) is 0.273. The zero-order chi connectivity index (χ0) is 13.8. The van der Waals surface area contributed by atoms with Gasteiger partial charge in [0.1, 0.15) is 5.78 Å². The number of carbonyl (C=O) groups is 2. The minimum absolute atomic E-state index is 0.0397. The molecule has 0 aliphatic heterocycles. The number of carbonyl (C=O) groups excluding carboxylic acids is 2. The van der Waals surface area contributed by atoms with Gasteiger partial charge in [0, 0.05) is 12.6 Å². The Morgan fingerprint density at radius 3 is 2.11 bits per heavy atom. The molecule has 0 heterocycles. The van der Waals surface area contributed by atoms with Crippen LogP contribution in [0.25, 0.3) is 0 Å². The quantitative estimate of drug-likeness (QED) is 0.815. The molecule has 0 radical (unpaired) electrons. The smallest absolute Gasteiger partial charge is 0.240 e. The fourth-order valence-corrected chi connectivity index (χ4v) is 2.25. The second-order valence-electron chi connectivity index (χ2n) is 3.73. The van der Waals surface area contributed by atoms with Crippen LogP contribution in [0.5, 0.6) is 0 Å². The Balaban J connectivity index is 2.84. The Morgan fingerprint density at radius 1 is 1.11 bits per heavy atom. The number of nitrogens with one attached hydrogen (secondary N) is 2. The van der Waals surface area contributed by atoms with Gasteiger partial charge in [-0.25, -0.2) is 13.1 Å². The molecular formula is C11H14N2O4S. The summed E-state index contributed by atoms with van der Waals surface area (Å²) < 4.78 is 25.6. The molecule has 2 N–H and O–H groups in total. The number of ketones is 1. The molecule has 0 aliphatic rings. The minimum Gasteiger partial charge on any atom is -0.326 e. The van der Waals surface area contributed by atoms with Crippen LogP contribution in [0.1, 0.15) is 13.8 Å². The third-order valence-corrected chi connectivity index (χ3v) is 3.41. The molecule has 6 nitrogen and oxygen atoms in total. The topological polar surface area (TPSA) is 92.3 Å². The Morgan fingerprint density at radius 2 is 1.67 bits per heavy atom. The van der Waals surface area contributed by atoms with E-state index in [4.69, 9.17) is 0 Å². The van der Waals surface area contributed by atoms with Gasteiger partial charge in [-0.15, -0.1) is 0 Å². The zero-order valence-corrected chi connectivity index (χ0v) is 10.9. The van der Waals surface area contributed by atoms with Crippen molar-refractivity contribution in [3.63, 3.8) is 0 Å². The van der Waals surface area contributed by atoms with Crippen LogP contribution in [0.15, 0.2) is 29.2 Å². The molecule has 0 fully saturated rings. The van der Waals surface area contributed by atoms with Gasteiger partial charge in [-0.3, -0.25) is 9.59 Å². The van der Waals surface area contributed by atoms with Crippen molar-refractivity contribution in [3.05, 3.63) is 24.3 Å². The highest BCUT2D eigenvalue weighted by atomic mass is 32.2. The molecule has 1 aromatic rings.